The van der Waals surface area contributed by atoms with Gasteiger partial charge in [0.05, 0.1) is 15.6 Å². The lowest BCUT2D eigenvalue weighted by Gasteiger charge is -2.25. The summed E-state index contributed by atoms with van der Waals surface area (Å²) in [7, 11) is 0. The number of benzene rings is 1. The predicted molar refractivity (Wildman–Crippen MR) is 82.0 cm³/mol. The van der Waals surface area contributed by atoms with Gasteiger partial charge < -0.3 is 5.32 Å². The molecule has 1 amide bonds. The van der Waals surface area contributed by atoms with Gasteiger partial charge in [0.25, 0.3) is 5.91 Å². The third-order valence-electron chi connectivity index (χ3n) is 3.40. The molecule has 0 spiro atoms. The molecule has 4 heteroatoms. The molecule has 0 radical (unpaired) electrons. The minimum atomic E-state index is -0.207. The van der Waals surface area contributed by atoms with E-state index in [1.165, 1.54) is 0 Å². The SMILES string of the molecule is CC(C)C(CNC(=O)c1c(Cl)cccc1Cl)C(C)C. The van der Waals surface area contributed by atoms with Crippen molar-refractivity contribution in [3.8, 4) is 0 Å². The molecule has 0 atom stereocenters. The number of nitrogens with one attached hydrogen (secondary N) is 1. The number of halogens is 2. The number of carbonyl (C=O) groups is 1. The van der Waals surface area contributed by atoms with E-state index in [4.69, 9.17) is 23.2 Å². The number of carbonyl (C=O) groups excluding carboxylic acids is 1. The van der Waals surface area contributed by atoms with E-state index in [1.807, 2.05) is 0 Å². The van der Waals surface area contributed by atoms with Crippen molar-refractivity contribution in [1.82, 2.24) is 5.32 Å². The first-order valence-corrected chi connectivity index (χ1v) is 7.32. The summed E-state index contributed by atoms with van der Waals surface area (Å²) in [6, 6.07) is 5.07. The van der Waals surface area contributed by atoms with Gasteiger partial charge in [-0.1, -0.05) is 57.0 Å². The molecular formula is C15H21Cl2NO. The maximum atomic E-state index is 12.2. The molecule has 0 aliphatic heterocycles. The van der Waals surface area contributed by atoms with E-state index >= 15 is 0 Å². The summed E-state index contributed by atoms with van der Waals surface area (Å²) in [5.74, 6) is 1.26. The fourth-order valence-electron chi connectivity index (χ4n) is 2.25. The second-order valence-corrected chi connectivity index (χ2v) is 6.27. The van der Waals surface area contributed by atoms with Crippen molar-refractivity contribution < 1.29 is 4.79 Å². The summed E-state index contributed by atoms with van der Waals surface area (Å²) < 4.78 is 0. The Labute approximate surface area is 125 Å². The van der Waals surface area contributed by atoms with Crippen molar-refractivity contribution in [3.05, 3.63) is 33.8 Å². The summed E-state index contributed by atoms with van der Waals surface area (Å²) in [4.78, 5) is 12.2. The van der Waals surface area contributed by atoms with Crippen molar-refractivity contribution >= 4 is 29.1 Å². The fraction of sp³-hybridized carbons (Fsp3) is 0.533. The quantitative estimate of drug-likeness (QED) is 0.842. The summed E-state index contributed by atoms with van der Waals surface area (Å²) in [5, 5.41) is 3.71. The van der Waals surface area contributed by atoms with Gasteiger partial charge in [-0.15, -0.1) is 0 Å². The maximum Gasteiger partial charge on any atom is 0.254 e. The Balaban J connectivity index is 2.75. The number of hydrogen-bond donors (Lipinski definition) is 1. The predicted octanol–water partition coefficient (Wildman–Crippen LogP) is 4.65. The molecule has 0 bridgehead atoms. The fourth-order valence-corrected chi connectivity index (χ4v) is 2.82. The summed E-state index contributed by atoms with van der Waals surface area (Å²) in [5.41, 5.74) is 0.358. The molecule has 1 aromatic carbocycles. The molecule has 1 rings (SSSR count). The van der Waals surface area contributed by atoms with Crippen LogP contribution in [0.3, 0.4) is 0 Å². The van der Waals surface area contributed by atoms with Crippen LogP contribution in [0.1, 0.15) is 38.1 Å². The second kappa shape index (κ2) is 7.16. The molecule has 0 unspecified atom stereocenters. The van der Waals surface area contributed by atoms with Crippen molar-refractivity contribution in [2.45, 2.75) is 27.7 Å². The highest BCUT2D eigenvalue weighted by molar-refractivity contribution is 6.39. The molecule has 2 nitrogen and oxygen atoms in total. The third-order valence-corrected chi connectivity index (χ3v) is 4.03. The van der Waals surface area contributed by atoms with Crippen LogP contribution in [0.4, 0.5) is 0 Å². The Kier molecular flexibility index (Phi) is 6.15. The number of amides is 1. The van der Waals surface area contributed by atoms with Gasteiger partial charge in [0.1, 0.15) is 0 Å². The smallest absolute Gasteiger partial charge is 0.254 e. The van der Waals surface area contributed by atoms with E-state index in [1.54, 1.807) is 18.2 Å². The van der Waals surface area contributed by atoms with Gasteiger partial charge in [-0.2, -0.15) is 0 Å². The van der Waals surface area contributed by atoms with Crippen molar-refractivity contribution in [2.24, 2.45) is 17.8 Å². The Hall–Kier alpha value is -0.730. The van der Waals surface area contributed by atoms with E-state index in [9.17, 15) is 4.79 Å². The lowest BCUT2D eigenvalue weighted by atomic mass is 9.85. The minimum Gasteiger partial charge on any atom is -0.352 e. The van der Waals surface area contributed by atoms with Gasteiger partial charge in [-0.05, 0) is 29.9 Å². The van der Waals surface area contributed by atoms with E-state index in [0.29, 0.717) is 39.9 Å². The van der Waals surface area contributed by atoms with Crippen LogP contribution in [-0.4, -0.2) is 12.5 Å². The van der Waals surface area contributed by atoms with Gasteiger partial charge in [0, 0.05) is 6.54 Å². The topological polar surface area (TPSA) is 29.1 Å². The molecule has 0 saturated heterocycles. The molecule has 0 aliphatic rings. The van der Waals surface area contributed by atoms with Crippen LogP contribution in [0, 0.1) is 17.8 Å². The van der Waals surface area contributed by atoms with Crippen LogP contribution in [0.15, 0.2) is 18.2 Å². The Morgan fingerprint density at radius 3 is 2.00 bits per heavy atom. The van der Waals surface area contributed by atoms with Gasteiger partial charge in [0.15, 0.2) is 0 Å². The highest BCUT2D eigenvalue weighted by atomic mass is 35.5. The zero-order valence-electron chi connectivity index (χ0n) is 11.8. The molecule has 0 aliphatic carbocycles. The molecule has 0 aromatic heterocycles. The van der Waals surface area contributed by atoms with E-state index in [-0.39, 0.29) is 5.91 Å². The average molecular weight is 302 g/mol. The summed E-state index contributed by atoms with van der Waals surface area (Å²) in [6.07, 6.45) is 0. The highest BCUT2D eigenvalue weighted by Gasteiger charge is 2.20. The van der Waals surface area contributed by atoms with Crippen molar-refractivity contribution in [2.75, 3.05) is 6.54 Å². The standard InChI is InChI=1S/C15H21Cl2NO/c1-9(2)11(10(3)4)8-18-15(19)14-12(16)6-5-7-13(14)17/h5-7,9-11H,8H2,1-4H3,(H,18,19). The van der Waals surface area contributed by atoms with E-state index in [2.05, 4.69) is 33.0 Å². The van der Waals surface area contributed by atoms with Crippen LogP contribution in [0.25, 0.3) is 0 Å². The second-order valence-electron chi connectivity index (χ2n) is 5.46. The normalized spacial score (nSPS) is 11.4. The Morgan fingerprint density at radius 1 is 1.11 bits per heavy atom. The van der Waals surface area contributed by atoms with Gasteiger partial charge in [0.2, 0.25) is 0 Å². The third kappa shape index (κ3) is 4.39. The Bertz CT molecular complexity index is 416. The van der Waals surface area contributed by atoms with Crippen LogP contribution < -0.4 is 5.32 Å². The largest absolute Gasteiger partial charge is 0.352 e. The molecular weight excluding hydrogens is 281 g/mol. The molecule has 0 heterocycles. The molecule has 19 heavy (non-hydrogen) atoms. The monoisotopic (exact) mass is 301 g/mol. The lowest BCUT2D eigenvalue weighted by molar-refractivity contribution is 0.0937. The van der Waals surface area contributed by atoms with Gasteiger partial charge >= 0.3 is 0 Å². The summed E-state index contributed by atoms with van der Waals surface area (Å²) in [6.45, 7) is 9.30. The van der Waals surface area contributed by atoms with Gasteiger partial charge in [-0.3, -0.25) is 4.79 Å². The molecule has 0 saturated carbocycles. The average Bonchev–Trinajstić information content (AvgIpc) is 2.27. The Morgan fingerprint density at radius 2 is 1.58 bits per heavy atom. The van der Waals surface area contributed by atoms with Crippen molar-refractivity contribution in [1.29, 1.82) is 0 Å². The first-order chi connectivity index (χ1) is 8.84. The van der Waals surface area contributed by atoms with E-state index in [0.717, 1.165) is 0 Å². The number of rotatable bonds is 5. The van der Waals surface area contributed by atoms with Crippen LogP contribution in [-0.2, 0) is 0 Å². The van der Waals surface area contributed by atoms with Crippen LogP contribution in [0.5, 0.6) is 0 Å². The molecule has 1 N–H and O–H groups in total. The lowest BCUT2D eigenvalue weighted by Crippen LogP contribution is -2.34. The maximum absolute atomic E-state index is 12.2. The highest BCUT2D eigenvalue weighted by Crippen LogP contribution is 2.25. The van der Waals surface area contributed by atoms with Crippen LogP contribution in [0.2, 0.25) is 10.0 Å². The molecule has 1 aromatic rings. The zero-order chi connectivity index (χ0) is 14.6. The molecule has 0 fully saturated rings. The molecule has 106 valence electrons. The van der Waals surface area contributed by atoms with E-state index < -0.39 is 0 Å². The number of hydrogen-bond acceptors (Lipinski definition) is 1. The van der Waals surface area contributed by atoms with Crippen LogP contribution >= 0.6 is 23.2 Å². The van der Waals surface area contributed by atoms with Gasteiger partial charge in [-0.25, -0.2) is 0 Å². The first-order valence-electron chi connectivity index (χ1n) is 6.56. The van der Waals surface area contributed by atoms with Crippen molar-refractivity contribution in [3.63, 3.8) is 0 Å². The summed E-state index contributed by atoms with van der Waals surface area (Å²) >= 11 is 12.0. The minimum absolute atomic E-state index is 0.207. The first kappa shape index (κ1) is 16.3. The zero-order valence-corrected chi connectivity index (χ0v) is 13.3.